The van der Waals surface area contributed by atoms with Gasteiger partial charge in [-0.2, -0.15) is 17.0 Å². The number of hydrogen-bond acceptors (Lipinski definition) is 3. The molecule has 2 aliphatic heterocycles. The highest BCUT2D eigenvalue weighted by atomic mass is 32.2. The molecule has 0 atom stereocenters. The van der Waals surface area contributed by atoms with Gasteiger partial charge in [-0.25, -0.2) is 4.98 Å². The van der Waals surface area contributed by atoms with Crippen LogP contribution in [0.25, 0.3) is 0 Å². The minimum atomic E-state index is -3.22. The summed E-state index contributed by atoms with van der Waals surface area (Å²) in [7, 11) is -1.23. The first kappa shape index (κ1) is 14.0. The van der Waals surface area contributed by atoms with Crippen LogP contribution in [-0.4, -0.2) is 52.8 Å². The molecule has 6 nitrogen and oxygen atoms in total. The van der Waals surface area contributed by atoms with Gasteiger partial charge in [0.2, 0.25) is 0 Å². The van der Waals surface area contributed by atoms with Crippen molar-refractivity contribution < 1.29 is 8.42 Å². The summed E-state index contributed by atoms with van der Waals surface area (Å²) < 4.78 is 30.3. The second-order valence-corrected chi connectivity index (χ2v) is 7.61. The summed E-state index contributed by atoms with van der Waals surface area (Å²) in [6, 6.07) is 0. The number of nitrogens with zero attached hydrogens (tertiary/aromatic N) is 4. The largest absolute Gasteiger partial charge is 0.338 e. The quantitative estimate of drug-likeness (QED) is 0.834. The maximum Gasteiger partial charge on any atom is 0.281 e. The lowest BCUT2D eigenvalue weighted by Crippen LogP contribution is -2.46. The molecule has 2 aliphatic rings. The fourth-order valence-corrected chi connectivity index (χ4v) is 4.92. The molecule has 0 radical (unpaired) electrons. The van der Waals surface area contributed by atoms with Gasteiger partial charge in [-0.05, 0) is 25.7 Å². The number of piperidine rings is 1. The van der Waals surface area contributed by atoms with E-state index >= 15 is 0 Å². The van der Waals surface area contributed by atoms with E-state index in [1.807, 2.05) is 24.0 Å². The van der Waals surface area contributed by atoms with Crippen molar-refractivity contribution in [2.24, 2.45) is 7.05 Å². The molecule has 0 spiro atoms. The van der Waals surface area contributed by atoms with E-state index in [0.717, 1.165) is 31.5 Å². The van der Waals surface area contributed by atoms with E-state index in [2.05, 4.69) is 4.98 Å². The topological polar surface area (TPSA) is 58.4 Å². The zero-order valence-corrected chi connectivity index (χ0v) is 12.7. The van der Waals surface area contributed by atoms with Crippen molar-refractivity contribution in [3.8, 4) is 0 Å². The molecule has 3 heterocycles. The second-order valence-electron chi connectivity index (χ2n) is 5.68. The molecule has 7 heteroatoms. The molecule has 2 saturated heterocycles. The third-order valence-electron chi connectivity index (χ3n) is 4.40. The molecule has 1 aromatic heterocycles. The Bertz CT molecular complexity index is 555. The molecule has 0 saturated carbocycles. The summed E-state index contributed by atoms with van der Waals surface area (Å²) in [6.07, 6.45) is 7.45. The fraction of sp³-hybridized carbons (Fsp3) is 0.769. The normalized spacial score (nSPS) is 23.4. The van der Waals surface area contributed by atoms with Crippen LogP contribution in [0, 0.1) is 0 Å². The first-order chi connectivity index (χ1) is 9.59. The molecule has 0 aromatic carbocycles. The van der Waals surface area contributed by atoms with Crippen LogP contribution in [0.4, 0.5) is 0 Å². The van der Waals surface area contributed by atoms with Gasteiger partial charge in [-0.1, -0.05) is 0 Å². The minimum absolute atomic E-state index is 0.375. The molecule has 20 heavy (non-hydrogen) atoms. The Hall–Kier alpha value is -0.920. The van der Waals surface area contributed by atoms with Gasteiger partial charge in [0, 0.05) is 51.5 Å². The third kappa shape index (κ3) is 2.49. The van der Waals surface area contributed by atoms with Crippen molar-refractivity contribution in [3.63, 3.8) is 0 Å². The number of aromatic nitrogens is 2. The van der Waals surface area contributed by atoms with Gasteiger partial charge in [0.15, 0.2) is 0 Å². The highest BCUT2D eigenvalue weighted by molar-refractivity contribution is 7.86. The number of hydrogen-bond donors (Lipinski definition) is 0. The van der Waals surface area contributed by atoms with Crippen molar-refractivity contribution in [1.29, 1.82) is 0 Å². The zero-order chi connectivity index (χ0) is 14.2. The van der Waals surface area contributed by atoms with Crippen LogP contribution in [0.15, 0.2) is 12.4 Å². The molecule has 0 amide bonds. The van der Waals surface area contributed by atoms with E-state index in [1.54, 1.807) is 8.61 Å². The van der Waals surface area contributed by atoms with Gasteiger partial charge >= 0.3 is 0 Å². The Morgan fingerprint density at radius 3 is 2.25 bits per heavy atom. The van der Waals surface area contributed by atoms with Crippen molar-refractivity contribution >= 4 is 10.2 Å². The minimum Gasteiger partial charge on any atom is -0.338 e. The van der Waals surface area contributed by atoms with Gasteiger partial charge in [0.1, 0.15) is 5.82 Å². The van der Waals surface area contributed by atoms with Gasteiger partial charge in [0.25, 0.3) is 10.2 Å². The van der Waals surface area contributed by atoms with Gasteiger partial charge in [-0.15, -0.1) is 0 Å². The highest BCUT2D eigenvalue weighted by Gasteiger charge is 2.35. The first-order valence-corrected chi connectivity index (χ1v) is 8.71. The maximum atomic E-state index is 12.5. The SMILES string of the molecule is Cn1ccnc1C1CCN(S(=O)(=O)N2CCCC2)CC1. The van der Waals surface area contributed by atoms with Gasteiger partial charge in [0.05, 0.1) is 0 Å². The lowest BCUT2D eigenvalue weighted by Gasteiger charge is -2.33. The molecule has 0 bridgehead atoms. The summed E-state index contributed by atoms with van der Waals surface area (Å²) in [5.74, 6) is 1.45. The first-order valence-electron chi connectivity index (χ1n) is 7.31. The fourth-order valence-electron chi connectivity index (χ4n) is 3.20. The average Bonchev–Trinajstić information content (AvgIpc) is 3.10. The summed E-state index contributed by atoms with van der Waals surface area (Å²) in [6.45, 7) is 2.58. The Kier molecular flexibility index (Phi) is 3.83. The Balaban J connectivity index is 1.65. The lowest BCUT2D eigenvalue weighted by molar-refractivity contribution is 0.289. The molecular formula is C13H22N4O2S. The summed E-state index contributed by atoms with van der Waals surface area (Å²) in [5.41, 5.74) is 0. The van der Waals surface area contributed by atoms with Crippen LogP contribution in [0.2, 0.25) is 0 Å². The molecular weight excluding hydrogens is 276 g/mol. The molecule has 112 valence electrons. The Labute approximate surface area is 120 Å². The van der Waals surface area contributed by atoms with Crippen LogP contribution in [0.1, 0.15) is 37.4 Å². The van der Waals surface area contributed by atoms with Crippen LogP contribution in [-0.2, 0) is 17.3 Å². The molecule has 2 fully saturated rings. The lowest BCUT2D eigenvalue weighted by atomic mass is 9.97. The zero-order valence-electron chi connectivity index (χ0n) is 11.9. The van der Waals surface area contributed by atoms with Crippen molar-refractivity contribution in [2.75, 3.05) is 26.2 Å². The molecule has 0 aliphatic carbocycles. The average molecular weight is 298 g/mol. The standard InChI is InChI=1S/C13H22N4O2S/c1-15-11-6-14-13(15)12-4-9-17(10-5-12)20(18,19)16-7-2-3-8-16/h6,11-12H,2-5,7-10H2,1H3. The third-order valence-corrected chi connectivity index (χ3v) is 6.43. The maximum absolute atomic E-state index is 12.5. The Morgan fingerprint density at radius 1 is 1.10 bits per heavy atom. The molecule has 1 aromatic rings. The summed E-state index contributed by atoms with van der Waals surface area (Å²) >= 11 is 0. The van der Waals surface area contributed by atoms with E-state index in [-0.39, 0.29) is 0 Å². The van der Waals surface area contributed by atoms with E-state index in [0.29, 0.717) is 32.1 Å². The van der Waals surface area contributed by atoms with Crippen LogP contribution < -0.4 is 0 Å². The van der Waals surface area contributed by atoms with E-state index in [9.17, 15) is 8.42 Å². The van der Waals surface area contributed by atoms with Crippen molar-refractivity contribution in [3.05, 3.63) is 18.2 Å². The highest BCUT2D eigenvalue weighted by Crippen LogP contribution is 2.29. The summed E-state index contributed by atoms with van der Waals surface area (Å²) in [5, 5.41) is 0. The number of imidazole rings is 1. The van der Waals surface area contributed by atoms with Gasteiger partial charge in [-0.3, -0.25) is 0 Å². The molecule has 0 unspecified atom stereocenters. The smallest absolute Gasteiger partial charge is 0.281 e. The van der Waals surface area contributed by atoms with E-state index in [4.69, 9.17) is 0 Å². The van der Waals surface area contributed by atoms with Crippen LogP contribution in [0.3, 0.4) is 0 Å². The van der Waals surface area contributed by atoms with E-state index in [1.165, 1.54) is 0 Å². The molecule has 3 rings (SSSR count). The second kappa shape index (κ2) is 5.46. The van der Waals surface area contributed by atoms with Crippen molar-refractivity contribution in [2.45, 2.75) is 31.6 Å². The van der Waals surface area contributed by atoms with Gasteiger partial charge < -0.3 is 4.57 Å². The number of rotatable bonds is 3. The molecule has 0 N–H and O–H groups in total. The van der Waals surface area contributed by atoms with Crippen molar-refractivity contribution in [1.82, 2.24) is 18.2 Å². The predicted octanol–water partition coefficient (Wildman–Crippen LogP) is 0.940. The number of aryl methyl sites for hydroxylation is 1. The predicted molar refractivity (Wildman–Crippen MR) is 76.5 cm³/mol. The van der Waals surface area contributed by atoms with Crippen LogP contribution >= 0.6 is 0 Å². The van der Waals surface area contributed by atoms with E-state index < -0.39 is 10.2 Å². The monoisotopic (exact) mass is 298 g/mol. The Morgan fingerprint density at radius 2 is 1.70 bits per heavy atom. The summed E-state index contributed by atoms with van der Waals surface area (Å²) in [4.78, 5) is 4.39. The van der Waals surface area contributed by atoms with Crippen LogP contribution in [0.5, 0.6) is 0 Å².